The SMILES string of the molecule is CCc1csc(C(C#N)c2ccnc(NCCCN)n2)n1. The number of anilines is 1. The predicted molar refractivity (Wildman–Crippen MR) is 83.1 cm³/mol. The molecule has 1 unspecified atom stereocenters. The van der Waals surface area contributed by atoms with Crippen LogP contribution in [0.2, 0.25) is 0 Å². The lowest BCUT2D eigenvalue weighted by atomic mass is 10.1. The minimum atomic E-state index is -0.451. The zero-order chi connectivity index (χ0) is 15.1. The summed E-state index contributed by atoms with van der Waals surface area (Å²) in [7, 11) is 0. The van der Waals surface area contributed by atoms with E-state index in [-0.39, 0.29) is 0 Å². The number of nitrogens with two attached hydrogens (primary N) is 1. The number of nitriles is 1. The van der Waals surface area contributed by atoms with Crippen molar-refractivity contribution in [2.24, 2.45) is 5.73 Å². The zero-order valence-corrected chi connectivity index (χ0v) is 12.7. The fourth-order valence-corrected chi connectivity index (χ4v) is 2.74. The summed E-state index contributed by atoms with van der Waals surface area (Å²) in [6, 6.07) is 4.04. The van der Waals surface area contributed by atoms with Crippen LogP contribution in [0, 0.1) is 11.3 Å². The van der Waals surface area contributed by atoms with Gasteiger partial charge in [0.1, 0.15) is 10.9 Å². The maximum absolute atomic E-state index is 9.44. The number of hydrogen-bond donors (Lipinski definition) is 2. The molecule has 0 aliphatic heterocycles. The summed E-state index contributed by atoms with van der Waals surface area (Å²) >= 11 is 1.50. The maximum Gasteiger partial charge on any atom is 0.222 e. The first-order valence-electron chi connectivity index (χ1n) is 6.89. The van der Waals surface area contributed by atoms with Crippen LogP contribution in [-0.4, -0.2) is 28.0 Å². The molecule has 2 rings (SSSR count). The van der Waals surface area contributed by atoms with E-state index >= 15 is 0 Å². The third kappa shape index (κ3) is 3.97. The summed E-state index contributed by atoms with van der Waals surface area (Å²) in [6.45, 7) is 3.38. The lowest BCUT2D eigenvalue weighted by molar-refractivity contribution is 0.854. The van der Waals surface area contributed by atoms with Crippen molar-refractivity contribution in [3.8, 4) is 6.07 Å². The molecule has 1 atom stereocenters. The van der Waals surface area contributed by atoms with Crippen LogP contribution in [-0.2, 0) is 6.42 Å². The highest BCUT2D eigenvalue weighted by Crippen LogP contribution is 2.26. The van der Waals surface area contributed by atoms with Gasteiger partial charge in [0.25, 0.3) is 0 Å². The van der Waals surface area contributed by atoms with Gasteiger partial charge in [0.2, 0.25) is 5.95 Å². The van der Waals surface area contributed by atoms with Crippen molar-refractivity contribution in [2.75, 3.05) is 18.4 Å². The van der Waals surface area contributed by atoms with E-state index in [2.05, 4.69) is 26.3 Å². The first kappa shape index (κ1) is 15.4. The molecule has 0 aliphatic carbocycles. The molecule has 3 N–H and O–H groups in total. The molecule has 2 aromatic heterocycles. The number of aryl methyl sites for hydroxylation is 1. The second kappa shape index (κ2) is 7.67. The highest BCUT2D eigenvalue weighted by atomic mass is 32.1. The van der Waals surface area contributed by atoms with Gasteiger partial charge in [-0.3, -0.25) is 0 Å². The van der Waals surface area contributed by atoms with Crippen LogP contribution in [0.3, 0.4) is 0 Å². The van der Waals surface area contributed by atoms with Crippen molar-refractivity contribution < 1.29 is 0 Å². The van der Waals surface area contributed by atoms with E-state index < -0.39 is 5.92 Å². The number of nitrogens with zero attached hydrogens (tertiary/aromatic N) is 4. The van der Waals surface area contributed by atoms with E-state index in [1.165, 1.54) is 11.3 Å². The molecule has 0 saturated carbocycles. The molecular weight excluding hydrogens is 284 g/mol. The first-order chi connectivity index (χ1) is 10.3. The average molecular weight is 302 g/mol. The number of hydrogen-bond acceptors (Lipinski definition) is 7. The van der Waals surface area contributed by atoms with Gasteiger partial charge in [-0.05, 0) is 25.5 Å². The first-order valence-corrected chi connectivity index (χ1v) is 7.77. The predicted octanol–water partition coefficient (Wildman–Crippen LogP) is 1.91. The quantitative estimate of drug-likeness (QED) is 0.758. The third-order valence-corrected chi connectivity index (χ3v) is 3.90. The summed E-state index contributed by atoms with van der Waals surface area (Å²) in [5, 5.41) is 15.3. The summed E-state index contributed by atoms with van der Waals surface area (Å²) < 4.78 is 0. The zero-order valence-electron chi connectivity index (χ0n) is 11.9. The number of aromatic nitrogens is 3. The highest BCUT2D eigenvalue weighted by Gasteiger charge is 2.19. The van der Waals surface area contributed by atoms with Gasteiger partial charge in [-0.15, -0.1) is 11.3 Å². The van der Waals surface area contributed by atoms with Crippen LogP contribution in [0.4, 0.5) is 5.95 Å². The summed E-state index contributed by atoms with van der Waals surface area (Å²) in [5.41, 5.74) is 7.12. The van der Waals surface area contributed by atoms with Crippen LogP contribution < -0.4 is 11.1 Å². The number of rotatable bonds is 7. The van der Waals surface area contributed by atoms with E-state index in [9.17, 15) is 5.26 Å². The molecule has 0 aromatic carbocycles. The minimum Gasteiger partial charge on any atom is -0.354 e. The molecule has 0 spiro atoms. The molecule has 0 saturated heterocycles. The Morgan fingerprint density at radius 2 is 2.33 bits per heavy atom. The Labute approximate surface area is 128 Å². The Morgan fingerprint density at radius 3 is 3.00 bits per heavy atom. The molecule has 0 amide bonds. The Hall–Kier alpha value is -2.04. The van der Waals surface area contributed by atoms with Crippen molar-refractivity contribution in [1.29, 1.82) is 5.26 Å². The molecule has 0 bridgehead atoms. The molecule has 6 nitrogen and oxygen atoms in total. The van der Waals surface area contributed by atoms with Gasteiger partial charge >= 0.3 is 0 Å². The summed E-state index contributed by atoms with van der Waals surface area (Å²) in [5.74, 6) is 0.0711. The fraction of sp³-hybridized carbons (Fsp3) is 0.429. The van der Waals surface area contributed by atoms with E-state index in [4.69, 9.17) is 5.73 Å². The molecule has 0 aliphatic rings. The smallest absolute Gasteiger partial charge is 0.222 e. The van der Waals surface area contributed by atoms with Crippen molar-refractivity contribution in [3.63, 3.8) is 0 Å². The lowest BCUT2D eigenvalue weighted by Crippen LogP contribution is -2.11. The van der Waals surface area contributed by atoms with Crippen molar-refractivity contribution in [3.05, 3.63) is 34.0 Å². The second-order valence-electron chi connectivity index (χ2n) is 4.47. The summed E-state index contributed by atoms with van der Waals surface area (Å²) in [6.07, 6.45) is 3.37. The fourth-order valence-electron chi connectivity index (χ4n) is 1.79. The maximum atomic E-state index is 9.44. The molecule has 0 fully saturated rings. The van der Waals surface area contributed by atoms with Gasteiger partial charge in [0.05, 0.1) is 17.5 Å². The number of nitrogens with one attached hydrogen (secondary N) is 1. The van der Waals surface area contributed by atoms with Gasteiger partial charge in [0.15, 0.2) is 0 Å². The Kier molecular flexibility index (Phi) is 5.60. The van der Waals surface area contributed by atoms with Crippen LogP contribution in [0.15, 0.2) is 17.6 Å². The van der Waals surface area contributed by atoms with Gasteiger partial charge in [-0.1, -0.05) is 6.92 Å². The van der Waals surface area contributed by atoms with Gasteiger partial charge in [-0.2, -0.15) is 5.26 Å². The average Bonchev–Trinajstić information content (AvgIpc) is 2.98. The highest BCUT2D eigenvalue weighted by molar-refractivity contribution is 7.09. The molecule has 21 heavy (non-hydrogen) atoms. The Balaban J connectivity index is 2.18. The van der Waals surface area contributed by atoms with Crippen molar-refractivity contribution >= 4 is 17.3 Å². The lowest BCUT2D eigenvalue weighted by Gasteiger charge is -2.08. The molecule has 2 aromatic rings. The second-order valence-corrected chi connectivity index (χ2v) is 5.36. The minimum absolute atomic E-state index is 0.451. The van der Waals surface area contributed by atoms with E-state index in [0.717, 1.165) is 23.5 Å². The molecule has 7 heteroatoms. The van der Waals surface area contributed by atoms with Gasteiger partial charge in [0, 0.05) is 18.1 Å². The van der Waals surface area contributed by atoms with E-state index in [0.29, 0.717) is 24.7 Å². The Bertz CT molecular complexity index is 618. The van der Waals surface area contributed by atoms with Crippen molar-refractivity contribution in [1.82, 2.24) is 15.0 Å². The van der Waals surface area contributed by atoms with Crippen LogP contribution in [0.25, 0.3) is 0 Å². The van der Waals surface area contributed by atoms with Crippen LogP contribution >= 0.6 is 11.3 Å². The largest absolute Gasteiger partial charge is 0.354 e. The summed E-state index contributed by atoms with van der Waals surface area (Å²) in [4.78, 5) is 13.0. The number of thiazole rings is 1. The normalized spacial score (nSPS) is 11.9. The van der Waals surface area contributed by atoms with Gasteiger partial charge in [-0.25, -0.2) is 15.0 Å². The molecule has 2 heterocycles. The van der Waals surface area contributed by atoms with Crippen molar-refractivity contribution in [2.45, 2.75) is 25.7 Å². The van der Waals surface area contributed by atoms with Gasteiger partial charge < -0.3 is 11.1 Å². The molecular formula is C14H18N6S. The molecule has 110 valence electrons. The van der Waals surface area contributed by atoms with Crippen LogP contribution in [0.1, 0.15) is 35.7 Å². The molecule has 0 radical (unpaired) electrons. The third-order valence-electron chi connectivity index (χ3n) is 2.94. The standard InChI is InChI=1S/C14H18N6S/c1-2-10-9-21-13(19-10)11(8-16)12-4-7-18-14(20-12)17-6-3-5-15/h4,7,9,11H,2-3,5-6,15H2,1H3,(H,17,18,20). The Morgan fingerprint density at radius 1 is 1.48 bits per heavy atom. The van der Waals surface area contributed by atoms with E-state index in [1.54, 1.807) is 12.3 Å². The van der Waals surface area contributed by atoms with Crippen LogP contribution in [0.5, 0.6) is 0 Å². The van der Waals surface area contributed by atoms with E-state index in [1.807, 2.05) is 12.3 Å². The monoisotopic (exact) mass is 302 g/mol. The topological polar surface area (TPSA) is 101 Å².